The molecule has 2 heteroatoms. The van der Waals surface area contributed by atoms with Crippen LogP contribution in [-0.4, -0.2) is 11.4 Å². The Bertz CT molecular complexity index is 369. The fourth-order valence-corrected chi connectivity index (χ4v) is 1.93. The maximum atomic E-state index is 5.69. The van der Waals surface area contributed by atoms with Gasteiger partial charge in [-0.1, -0.05) is 30.3 Å². The van der Waals surface area contributed by atoms with E-state index in [9.17, 15) is 0 Å². The van der Waals surface area contributed by atoms with E-state index in [1.807, 2.05) is 0 Å². The maximum Gasteiger partial charge on any atom is 0.0915 e. The lowest BCUT2D eigenvalue weighted by Crippen LogP contribution is -2.32. The summed E-state index contributed by atoms with van der Waals surface area (Å²) in [6.45, 7) is 7.81. The zero-order valence-electron chi connectivity index (χ0n) is 8.59. The first-order valence-electron chi connectivity index (χ1n) is 4.94. The Balaban J connectivity index is 2.27. The van der Waals surface area contributed by atoms with E-state index in [1.54, 1.807) is 0 Å². The van der Waals surface area contributed by atoms with Crippen LogP contribution in [0.3, 0.4) is 0 Å². The SMILES string of the molecule is C=C(N)N1CCc2cc(C)ccc2C1. The molecule has 0 radical (unpaired) electrons. The summed E-state index contributed by atoms with van der Waals surface area (Å²) < 4.78 is 0. The zero-order valence-corrected chi connectivity index (χ0v) is 8.59. The van der Waals surface area contributed by atoms with E-state index < -0.39 is 0 Å². The van der Waals surface area contributed by atoms with Crippen molar-refractivity contribution in [3.05, 3.63) is 47.3 Å². The highest BCUT2D eigenvalue weighted by Gasteiger charge is 2.15. The summed E-state index contributed by atoms with van der Waals surface area (Å²) >= 11 is 0. The molecule has 0 bridgehead atoms. The van der Waals surface area contributed by atoms with E-state index in [2.05, 4.69) is 36.6 Å². The van der Waals surface area contributed by atoms with E-state index in [-0.39, 0.29) is 0 Å². The summed E-state index contributed by atoms with van der Waals surface area (Å²) in [5, 5.41) is 0. The summed E-state index contributed by atoms with van der Waals surface area (Å²) in [5.74, 6) is 0.677. The Labute approximate surface area is 85.0 Å². The van der Waals surface area contributed by atoms with Crippen molar-refractivity contribution in [2.45, 2.75) is 19.9 Å². The monoisotopic (exact) mass is 188 g/mol. The minimum atomic E-state index is 0.677. The topological polar surface area (TPSA) is 29.3 Å². The Morgan fingerprint density at radius 3 is 2.93 bits per heavy atom. The highest BCUT2D eigenvalue weighted by Crippen LogP contribution is 2.20. The van der Waals surface area contributed by atoms with Crippen LogP contribution in [0, 0.1) is 6.92 Å². The summed E-state index contributed by atoms with van der Waals surface area (Å²) in [7, 11) is 0. The van der Waals surface area contributed by atoms with Gasteiger partial charge in [0.05, 0.1) is 5.82 Å². The van der Waals surface area contributed by atoms with Gasteiger partial charge in [-0.15, -0.1) is 0 Å². The summed E-state index contributed by atoms with van der Waals surface area (Å²) in [4.78, 5) is 2.12. The average Bonchev–Trinajstić information content (AvgIpc) is 2.16. The van der Waals surface area contributed by atoms with Crippen molar-refractivity contribution in [3.63, 3.8) is 0 Å². The predicted octanol–water partition coefficient (Wildman–Crippen LogP) is 1.78. The molecule has 0 aromatic heterocycles. The van der Waals surface area contributed by atoms with Crippen LogP contribution in [0.25, 0.3) is 0 Å². The van der Waals surface area contributed by atoms with Gasteiger partial charge in [0.1, 0.15) is 0 Å². The molecule has 14 heavy (non-hydrogen) atoms. The molecule has 1 aromatic rings. The lowest BCUT2D eigenvalue weighted by atomic mass is 9.98. The molecule has 1 heterocycles. The Morgan fingerprint density at radius 1 is 1.43 bits per heavy atom. The third-order valence-electron chi connectivity index (χ3n) is 2.78. The Hall–Kier alpha value is -1.44. The van der Waals surface area contributed by atoms with Crippen LogP contribution in [-0.2, 0) is 13.0 Å². The van der Waals surface area contributed by atoms with E-state index in [0.717, 1.165) is 19.5 Å². The highest BCUT2D eigenvalue weighted by atomic mass is 15.2. The number of rotatable bonds is 1. The van der Waals surface area contributed by atoms with Gasteiger partial charge < -0.3 is 10.6 Å². The highest BCUT2D eigenvalue weighted by molar-refractivity contribution is 5.33. The summed E-state index contributed by atoms with van der Waals surface area (Å²) in [6.07, 6.45) is 1.08. The molecule has 0 spiro atoms. The molecule has 0 unspecified atom stereocenters. The van der Waals surface area contributed by atoms with Gasteiger partial charge >= 0.3 is 0 Å². The lowest BCUT2D eigenvalue weighted by Gasteiger charge is -2.30. The van der Waals surface area contributed by atoms with E-state index >= 15 is 0 Å². The normalized spacial score (nSPS) is 15.1. The average molecular weight is 188 g/mol. The Morgan fingerprint density at radius 2 is 2.21 bits per heavy atom. The maximum absolute atomic E-state index is 5.69. The number of hydrogen-bond acceptors (Lipinski definition) is 2. The van der Waals surface area contributed by atoms with Crippen LogP contribution in [0.15, 0.2) is 30.6 Å². The van der Waals surface area contributed by atoms with Crippen molar-refractivity contribution in [1.29, 1.82) is 0 Å². The van der Waals surface area contributed by atoms with Crippen LogP contribution in [0.5, 0.6) is 0 Å². The number of nitrogens with zero attached hydrogens (tertiary/aromatic N) is 1. The van der Waals surface area contributed by atoms with E-state index in [1.165, 1.54) is 16.7 Å². The van der Waals surface area contributed by atoms with Gasteiger partial charge in [-0.05, 0) is 24.5 Å². The van der Waals surface area contributed by atoms with Crippen molar-refractivity contribution >= 4 is 0 Å². The van der Waals surface area contributed by atoms with Gasteiger partial charge in [-0.2, -0.15) is 0 Å². The first-order valence-corrected chi connectivity index (χ1v) is 4.94. The van der Waals surface area contributed by atoms with Gasteiger partial charge in [0.15, 0.2) is 0 Å². The van der Waals surface area contributed by atoms with Crippen LogP contribution in [0.2, 0.25) is 0 Å². The fourth-order valence-electron chi connectivity index (χ4n) is 1.93. The van der Waals surface area contributed by atoms with E-state index in [0.29, 0.717) is 5.82 Å². The molecular formula is C12H16N2. The largest absolute Gasteiger partial charge is 0.386 e. The first kappa shape index (κ1) is 9.13. The van der Waals surface area contributed by atoms with Crippen LogP contribution >= 0.6 is 0 Å². The third-order valence-corrected chi connectivity index (χ3v) is 2.78. The summed E-state index contributed by atoms with van der Waals surface area (Å²) in [5.41, 5.74) is 9.87. The van der Waals surface area contributed by atoms with Gasteiger partial charge in [0.25, 0.3) is 0 Å². The van der Waals surface area contributed by atoms with E-state index in [4.69, 9.17) is 5.73 Å². The van der Waals surface area contributed by atoms with Crippen molar-refractivity contribution in [3.8, 4) is 0 Å². The molecule has 0 fully saturated rings. The van der Waals surface area contributed by atoms with Gasteiger partial charge in [0.2, 0.25) is 0 Å². The number of fused-ring (bicyclic) bond motifs is 1. The molecule has 0 amide bonds. The number of hydrogen-bond donors (Lipinski definition) is 1. The van der Waals surface area contributed by atoms with Crippen molar-refractivity contribution in [2.75, 3.05) is 6.54 Å². The van der Waals surface area contributed by atoms with Gasteiger partial charge in [-0.25, -0.2) is 0 Å². The van der Waals surface area contributed by atoms with Crippen molar-refractivity contribution in [2.24, 2.45) is 5.73 Å². The van der Waals surface area contributed by atoms with Crippen LogP contribution in [0.1, 0.15) is 16.7 Å². The second-order valence-electron chi connectivity index (χ2n) is 3.94. The molecule has 74 valence electrons. The molecule has 0 aliphatic carbocycles. The Kier molecular flexibility index (Phi) is 2.20. The molecular weight excluding hydrogens is 172 g/mol. The molecule has 0 saturated carbocycles. The van der Waals surface area contributed by atoms with Gasteiger partial charge in [0, 0.05) is 13.1 Å². The molecule has 2 nitrogen and oxygen atoms in total. The molecule has 1 aromatic carbocycles. The van der Waals surface area contributed by atoms with Crippen LogP contribution < -0.4 is 5.73 Å². The standard InChI is InChI=1S/C12H16N2/c1-9-3-4-12-8-14(10(2)13)6-5-11(12)7-9/h3-4,7H,2,5-6,8,13H2,1H3. The smallest absolute Gasteiger partial charge is 0.0915 e. The number of nitrogens with two attached hydrogens (primary N) is 1. The number of benzene rings is 1. The molecule has 0 saturated heterocycles. The minimum Gasteiger partial charge on any atom is -0.386 e. The minimum absolute atomic E-state index is 0.677. The zero-order chi connectivity index (χ0) is 10.1. The first-order chi connectivity index (χ1) is 6.66. The van der Waals surface area contributed by atoms with Gasteiger partial charge in [-0.3, -0.25) is 0 Å². The molecule has 2 N–H and O–H groups in total. The predicted molar refractivity (Wildman–Crippen MR) is 58.6 cm³/mol. The fraction of sp³-hybridized carbons (Fsp3) is 0.333. The van der Waals surface area contributed by atoms with Crippen molar-refractivity contribution < 1.29 is 0 Å². The quantitative estimate of drug-likeness (QED) is 0.728. The van der Waals surface area contributed by atoms with Crippen molar-refractivity contribution in [1.82, 2.24) is 4.90 Å². The molecule has 1 aliphatic heterocycles. The molecule has 1 aliphatic rings. The van der Waals surface area contributed by atoms with Crippen LogP contribution in [0.4, 0.5) is 0 Å². The second kappa shape index (κ2) is 3.37. The molecule has 2 rings (SSSR count). The number of aryl methyl sites for hydroxylation is 1. The summed E-state index contributed by atoms with van der Waals surface area (Å²) in [6, 6.07) is 6.62. The second-order valence-corrected chi connectivity index (χ2v) is 3.94. The lowest BCUT2D eigenvalue weighted by molar-refractivity contribution is 0.320. The third kappa shape index (κ3) is 1.60. The molecule has 0 atom stereocenters.